The molecule has 0 bridgehead atoms. The molecule has 3 aromatic carbocycles. The maximum atomic E-state index is 13.0. The molecule has 0 saturated carbocycles. The van der Waals surface area contributed by atoms with Crippen LogP contribution in [0.15, 0.2) is 82.6 Å². The molecule has 0 radical (unpaired) electrons. The van der Waals surface area contributed by atoms with Crippen LogP contribution in [0.3, 0.4) is 0 Å². The minimum Gasteiger partial charge on any atom is -0.481 e. The number of hydrogen-bond acceptors (Lipinski definition) is 5. The van der Waals surface area contributed by atoms with Crippen LogP contribution in [0.2, 0.25) is 5.02 Å². The van der Waals surface area contributed by atoms with Gasteiger partial charge in [0.05, 0.1) is 15.9 Å². The molecule has 3 aromatic rings. The molecule has 0 saturated heterocycles. The first-order valence-corrected chi connectivity index (χ1v) is 12.4. The lowest BCUT2D eigenvalue weighted by molar-refractivity contribution is -0.136. The highest BCUT2D eigenvalue weighted by atomic mass is 35.5. The summed E-state index contributed by atoms with van der Waals surface area (Å²) in [7, 11) is -3.69. The van der Waals surface area contributed by atoms with E-state index in [0.717, 1.165) is 11.1 Å². The second-order valence-corrected chi connectivity index (χ2v) is 10.1. The van der Waals surface area contributed by atoms with E-state index in [1.165, 1.54) is 12.1 Å². The van der Waals surface area contributed by atoms with Gasteiger partial charge in [0.2, 0.25) is 9.84 Å². The standard InChI is InChI=1S/C25H26ClNO5S/c26-21-5-2-4-20(16-21)24(28)17-27-14-13-18-7-10-22(11-8-18)33(31,32)23-6-1-3-19(15-23)9-12-25(29)30/h1-8,10-11,15-16,24,27-28H,9,12-14,17H2,(H,29,30)/t24-/m0/s1. The molecule has 0 aliphatic rings. The summed E-state index contributed by atoms with van der Waals surface area (Å²) in [6, 6.07) is 20.2. The van der Waals surface area contributed by atoms with E-state index >= 15 is 0 Å². The van der Waals surface area contributed by atoms with Crippen molar-refractivity contribution in [1.29, 1.82) is 0 Å². The Hall–Kier alpha value is -2.71. The number of carboxylic acid groups (broad SMARTS) is 1. The van der Waals surface area contributed by atoms with Crippen LogP contribution < -0.4 is 5.32 Å². The molecule has 0 heterocycles. The summed E-state index contributed by atoms with van der Waals surface area (Å²) in [6.45, 7) is 1.00. The summed E-state index contributed by atoms with van der Waals surface area (Å²) >= 11 is 5.95. The van der Waals surface area contributed by atoms with Gasteiger partial charge in [-0.15, -0.1) is 0 Å². The van der Waals surface area contributed by atoms with Gasteiger partial charge in [-0.2, -0.15) is 0 Å². The third-order valence-electron chi connectivity index (χ3n) is 5.23. The Morgan fingerprint density at radius 2 is 1.64 bits per heavy atom. The van der Waals surface area contributed by atoms with Crippen molar-refractivity contribution in [2.24, 2.45) is 0 Å². The maximum Gasteiger partial charge on any atom is 0.303 e. The highest BCUT2D eigenvalue weighted by Crippen LogP contribution is 2.23. The number of sulfone groups is 1. The van der Waals surface area contributed by atoms with Crippen molar-refractivity contribution in [2.75, 3.05) is 13.1 Å². The summed E-state index contributed by atoms with van der Waals surface area (Å²) in [4.78, 5) is 11.1. The van der Waals surface area contributed by atoms with Gasteiger partial charge >= 0.3 is 5.97 Å². The molecule has 0 aliphatic heterocycles. The number of hydrogen-bond donors (Lipinski definition) is 3. The molecule has 0 unspecified atom stereocenters. The van der Waals surface area contributed by atoms with Crippen molar-refractivity contribution >= 4 is 27.4 Å². The summed E-state index contributed by atoms with van der Waals surface area (Å²) in [6.07, 6.45) is 0.231. The largest absolute Gasteiger partial charge is 0.481 e. The molecule has 0 fully saturated rings. The van der Waals surface area contributed by atoms with Crippen molar-refractivity contribution in [3.63, 3.8) is 0 Å². The molecule has 174 valence electrons. The molecule has 3 N–H and O–H groups in total. The molecule has 1 atom stereocenters. The number of aliphatic hydroxyl groups excluding tert-OH is 1. The highest BCUT2D eigenvalue weighted by molar-refractivity contribution is 7.91. The predicted octanol–water partition coefficient (Wildman–Crippen LogP) is 4.06. The maximum absolute atomic E-state index is 13.0. The molecule has 3 rings (SSSR count). The zero-order chi connectivity index (χ0) is 23.8. The molecular formula is C25H26ClNO5S. The molecule has 6 nitrogen and oxygen atoms in total. The van der Waals surface area contributed by atoms with Crippen LogP contribution in [0.5, 0.6) is 0 Å². The zero-order valence-electron chi connectivity index (χ0n) is 17.9. The molecule has 33 heavy (non-hydrogen) atoms. The van der Waals surface area contributed by atoms with Gasteiger partial charge < -0.3 is 15.5 Å². The van der Waals surface area contributed by atoms with E-state index in [0.29, 0.717) is 30.1 Å². The predicted molar refractivity (Wildman–Crippen MR) is 127 cm³/mol. The monoisotopic (exact) mass is 487 g/mol. The Bertz CT molecular complexity index is 1200. The smallest absolute Gasteiger partial charge is 0.303 e. The number of benzene rings is 3. The van der Waals surface area contributed by atoms with Crippen LogP contribution in [0, 0.1) is 0 Å². The average Bonchev–Trinajstić information content (AvgIpc) is 2.81. The van der Waals surface area contributed by atoms with Crippen molar-refractivity contribution < 1.29 is 23.4 Å². The van der Waals surface area contributed by atoms with E-state index in [1.807, 2.05) is 6.07 Å². The number of halogens is 1. The van der Waals surface area contributed by atoms with Crippen molar-refractivity contribution in [3.8, 4) is 0 Å². The molecule has 8 heteroatoms. The van der Waals surface area contributed by atoms with E-state index in [9.17, 15) is 18.3 Å². The van der Waals surface area contributed by atoms with Crippen molar-refractivity contribution in [2.45, 2.75) is 35.2 Å². The van der Waals surface area contributed by atoms with Crippen LogP contribution in [0.1, 0.15) is 29.2 Å². The van der Waals surface area contributed by atoms with E-state index < -0.39 is 21.9 Å². The summed E-state index contributed by atoms with van der Waals surface area (Å²) in [5.41, 5.74) is 2.38. The van der Waals surface area contributed by atoms with Crippen LogP contribution in [-0.2, 0) is 27.5 Å². The first kappa shape index (κ1) is 24.9. The van der Waals surface area contributed by atoms with E-state index in [4.69, 9.17) is 16.7 Å². The molecule has 0 spiro atoms. The van der Waals surface area contributed by atoms with Gasteiger partial charge in [-0.05, 0) is 72.5 Å². The Morgan fingerprint density at radius 1 is 0.909 bits per heavy atom. The first-order chi connectivity index (χ1) is 15.8. The summed E-state index contributed by atoms with van der Waals surface area (Å²) in [5, 5.41) is 22.8. The van der Waals surface area contributed by atoms with Crippen molar-refractivity contribution in [3.05, 3.63) is 94.5 Å². The minimum absolute atomic E-state index is 0.0532. The lowest BCUT2D eigenvalue weighted by Gasteiger charge is -2.13. The third-order valence-corrected chi connectivity index (χ3v) is 7.23. The highest BCUT2D eigenvalue weighted by Gasteiger charge is 2.18. The summed E-state index contributed by atoms with van der Waals surface area (Å²) < 4.78 is 25.9. The topological polar surface area (TPSA) is 104 Å². The fourth-order valence-electron chi connectivity index (χ4n) is 3.39. The number of carbonyl (C=O) groups is 1. The molecule has 0 amide bonds. The van der Waals surface area contributed by atoms with Gasteiger partial charge in [-0.3, -0.25) is 4.79 Å². The van der Waals surface area contributed by atoms with E-state index in [-0.39, 0.29) is 22.6 Å². The number of aliphatic hydroxyl groups is 1. The van der Waals surface area contributed by atoms with E-state index in [2.05, 4.69) is 5.32 Å². The van der Waals surface area contributed by atoms with Crippen LogP contribution >= 0.6 is 11.6 Å². The number of rotatable bonds is 11. The average molecular weight is 488 g/mol. The fourth-order valence-corrected chi connectivity index (χ4v) is 4.92. The normalized spacial score (nSPS) is 12.4. The quantitative estimate of drug-likeness (QED) is 0.352. The zero-order valence-corrected chi connectivity index (χ0v) is 19.5. The van der Waals surface area contributed by atoms with Gasteiger partial charge in [-0.25, -0.2) is 8.42 Å². The van der Waals surface area contributed by atoms with Crippen LogP contribution in [0.25, 0.3) is 0 Å². The van der Waals surface area contributed by atoms with Gasteiger partial charge in [0, 0.05) is 18.0 Å². The van der Waals surface area contributed by atoms with Gasteiger partial charge in [0.1, 0.15) is 0 Å². The van der Waals surface area contributed by atoms with Crippen LogP contribution in [0.4, 0.5) is 0 Å². The van der Waals surface area contributed by atoms with Gasteiger partial charge in [0.25, 0.3) is 0 Å². The SMILES string of the molecule is O=C(O)CCc1cccc(S(=O)(=O)c2ccc(CCNC[C@H](O)c3cccc(Cl)c3)cc2)c1. The Morgan fingerprint density at radius 3 is 2.33 bits per heavy atom. The summed E-state index contributed by atoms with van der Waals surface area (Å²) in [5.74, 6) is -0.924. The Labute approximate surface area is 198 Å². The fraction of sp³-hybridized carbons (Fsp3) is 0.240. The minimum atomic E-state index is -3.69. The Kier molecular flexibility index (Phi) is 8.63. The Balaban J connectivity index is 1.56. The number of carboxylic acids is 1. The van der Waals surface area contributed by atoms with Crippen LogP contribution in [-0.4, -0.2) is 37.7 Å². The lowest BCUT2D eigenvalue weighted by atomic mass is 10.1. The number of aliphatic carboxylic acids is 1. The van der Waals surface area contributed by atoms with Gasteiger partial charge in [-0.1, -0.05) is 48.0 Å². The van der Waals surface area contributed by atoms with Crippen molar-refractivity contribution in [1.82, 2.24) is 5.32 Å². The third kappa shape index (κ3) is 7.14. The second kappa shape index (κ2) is 11.4. The first-order valence-electron chi connectivity index (χ1n) is 10.5. The lowest BCUT2D eigenvalue weighted by Crippen LogP contribution is -2.23. The number of nitrogens with one attached hydrogen (secondary N) is 1. The van der Waals surface area contributed by atoms with E-state index in [1.54, 1.807) is 54.6 Å². The second-order valence-electron chi connectivity index (χ2n) is 7.71. The van der Waals surface area contributed by atoms with Gasteiger partial charge in [0.15, 0.2) is 0 Å². The molecule has 0 aromatic heterocycles. The molecular weight excluding hydrogens is 462 g/mol. The number of aryl methyl sites for hydroxylation is 1. The molecule has 0 aliphatic carbocycles.